The number of methoxy groups -OCH3 is 1. The summed E-state index contributed by atoms with van der Waals surface area (Å²) in [6.07, 6.45) is 3.45. The van der Waals surface area contributed by atoms with Gasteiger partial charge in [0.15, 0.2) is 0 Å². The van der Waals surface area contributed by atoms with Crippen molar-refractivity contribution in [2.24, 2.45) is 0 Å². The molecule has 0 aliphatic rings. The van der Waals surface area contributed by atoms with Gasteiger partial charge in [0.1, 0.15) is 5.75 Å². The molecule has 0 saturated heterocycles. The molecule has 19 heavy (non-hydrogen) atoms. The summed E-state index contributed by atoms with van der Waals surface area (Å²) in [4.78, 5) is 0. The summed E-state index contributed by atoms with van der Waals surface area (Å²) in [6.45, 7) is 5.02. The molecule has 2 atom stereocenters. The highest BCUT2D eigenvalue weighted by Crippen LogP contribution is 2.17. The molecule has 0 aliphatic heterocycles. The van der Waals surface area contributed by atoms with Crippen molar-refractivity contribution in [1.29, 1.82) is 0 Å². The molecule has 0 saturated carbocycles. The van der Waals surface area contributed by atoms with E-state index in [0.29, 0.717) is 6.04 Å². The third kappa shape index (κ3) is 5.21. The predicted molar refractivity (Wildman–Crippen MR) is 79.9 cm³/mol. The first-order valence-corrected chi connectivity index (χ1v) is 7.16. The molecular weight excluding hydrogens is 238 g/mol. The molecule has 2 unspecified atom stereocenters. The quantitative estimate of drug-likeness (QED) is 0.744. The second-order valence-corrected chi connectivity index (χ2v) is 4.73. The number of rotatable bonds is 9. The van der Waals surface area contributed by atoms with Gasteiger partial charge in [-0.3, -0.25) is 0 Å². The summed E-state index contributed by atoms with van der Waals surface area (Å²) in [5.41, 5.74) is 1.28. The standard InChI is InChI=1S/C16H27NO2/c1-5-8-16(19-6-2)15(17-3)12-13-9-7-10-14(11-13)18-4/h7,9-11,15-17H,5-6,8,12H2,1-4H3. The van der Waals surface area contributed by atoms with Crippen LogP contribution in [0.15, 0.2) is 24.3 Å². The van der Waals surface area contributed by atoms with Gasteiger partial charge in [-0.1, -0.05) is 25.5 Å². The smallest absolute Gasteiger partial charge is 0.119 e. The van der Waals surface area contributed by atoms with Crippen LogP contribution in [0.2, 0.25) is 0 Å². The number of ether oxygens (including phenoxy) is 2. The van der Waals surface area contributed by atoms with Crippen molar-refractivity contribution in [3.05, 3.63) is 29.8 Å². The Labute approximate surface area is 117 Å². The average molecular weight is 265 g/mol. The van der Waals surface area contributed by atoms with Crippen molar-refractivity contribution < 1.29 is 9.47 Å². The Hall–Kier alpha value is -1.06. The Morgan fingerprint density at radius 1 is 1.26 bits per heavy atom. The van der Waals surface area contributed by atoms with Crippen LogP contribution in [0, 0.1) is 0 Å². The van der Waals surface area contributed by atoms with Crippen molar-refractivity contribution in [3.8, 4) is 5.75 Å². The molecule has 0 amide bonds. The Bertz CT molecular complexity index is 348. The normalized spacial score (nSPS) is 14.1. The van der Waals surface area contributed by atoms with Crippen LogP contribution >= 0.6 is 0 Å². The van der Waals surface area contributed by atoms with Gasteiger partial charge >= 0.3 is 0 Å². The van der Waals surface area contributed by atoms with E-state index in [0.717, 1.165) is 31.6 Å². The van der Waals surface area contributed by atoms with E-state index in [1.54, 1.807) is 7.11 Å². The highest BCUT2D eigenvalue weighted by atomic mass is 16.5. The predicted octanol–water partition coefficient (Wildman–Crippen LogP) is 3.03. The highest BCUT2D eigenvalue weighted by molar-refractivity contribution is 5.29. The molecule has 0 spiro atoms. The molecular formula is C16H27NO2. The van der Waals surface area contributed by atoms with Gasteiger partial charge in [-0.2, -0.15) is 0 Å². The van der Waals surface area contributed by atoms with Gasteiger partial charge in [-0.05, 0) is 44.5 Å². The minimum atomic E-state index is 0.270. The van der Waals surface area contributed by atoms with Gasteiger partial charge in [-0.15, -0.1) is 0 Å². The minimum Gasteiger partial charge on any atom is -0.497 e. The van der Waals surface area contributed by atoms with Gasteiger partial charge in [0, 0.05) is 12.6 Å². The van der Waals surface area contributed by atoms with Crippen molar-refractivity contribution in [3.63, 3.8) is 0 Å². The van der Waals surface area contributed by atoms with Crippen LogP contribution in [0.4, 0.5) is 0 Å². The summed E-state index contributed by atoms with van der Waals surface area (Å²) in [6, 6.07) is 8.59. The molecule has 0 bridgehead atoms. The molecule has 1 aromatic carbocycles. The van der Waals surface area contributed by atoms with Gasteiger partial charge in [0.05, 0.1) is 13.2 Å². The van der Waals surface area contributed by atoms with Crippen LogP contribution in [-0.2, 0) is 11.2 Å². The lowest BCUT2D eigenvalue weighted by molar-refractivity contribution is 0.0301. The van der Waals surface area contributed by atoms with E-state index in [1.165, 1.54) is 5.56 Å². The van der Waals surface area contributed by atoms with Crippen LogP contribution in [0.1, 0.15) is 32.3 Å². The van der Waals surface area contributed by atoms with Crippen molar-refractivity contribution >= 4 is 0 Å². The first kappa shape index (κ1) is 16.0. The van der Waals surface area contributed by atoms with E-state index < -0.39 is 0 Å². The zero-order valence-electron chi connectivity index (χ0n) is 12.6. The zero-order valence-corrected chi connectivity index (χ0v) is 12.6. The third-order valence-electron chi connectivity index (χ3n) is 3.36. The number of hydrogen-bond donors (Lipinski definition) is 1. The second kappa shape index (κ2) is 8.94. The lowest BCUT2D eigenvalue weighted by Crippen LogP contribution is -2.41. The van der Waals surface area contributed by atoms with Crippen LogP contribution in [0.25, 0.3) is 0 Å². The van der Waals surface area contributed by atoms with Crippen LogP contribution in [0.5, 0.6) is 5.75 Å². The molecule has 108 valence electrons. The third-order valence-corrected chi connectivity index (χ3v) is 3.36. The first-order valence-electron chi connectivity index (χ1n) is 7.16. The van der Waals surface area contributed by atoms with Gasteiger partial charge in [0.25, 0.3) is 0 Å². The number of nitrogens with one attached hydrogen (secondary N) is 1. The molecule has 0 fully saturated rings. The molecule has 1 rings (SSSR count). The first-order chi connectivity index (χ1) is 9.24. The van der Waals surface area contributed by atoms with Crippen molar-refractivity contribution in [2.45, 2.75) is 45.3 Å². The van der Waals surface area contributed by atoms with Crippen LogP contribution in [-0.4, -0.2) is 32.9 Å². The molecule has 0 heterocycles. The summed E-state index contributed by atoms with van der Waals surface area (Å²) in [7, 11) is 3.71. The maximum absolute atomic E-state index is 5.87. The fraction of sp³-hybridized carbons (Fsp3) is 0.625. The Kier molecular flexibility index (Phi) is 7.53. The molecule has 1 N–H and O–H groups in total. The topological polar surface area (TPSA) is 30.5 Å². The van der Waals surface area contributed by atoms with Gasteiger partial charge < -0.3 is 14.8 Å². The van der Waals surface area contributed by atoms with E-state index in [1.807, 2.05) is 19.2 Å². The van der Waals surface area contributed by atoms with Gasteiger partial charge in [0.2, 0.25) is 0 Å². The maximum atomic E-state index is 5.87. The largest absolute Gasteiger partial charge is 0.497 e. The second-order valence-electron chi connectivity index (χ2n) is 4.73. The zero-order chi connectivity index (χ0) is 14.1. The molecule has 3 heteroatoms. The fourth-order valence-electron chi connectivity index (χ4n) is 2.37. The molecule has 0 aliphatic carbocycles. The number of hydrogen-bond acceptors (Lipinski definition) is 3. The average Bonchev–Trinajstić information content (AvgIpc) is 2.45. The number of likely N-dealkylation sites (N-methyl/N-ethyl adjacent to an activating group) is 1. The SMILES string of the molecule is CCCC(OCC)C(Cc1cccc(OC)c1)NC. The number of benzene rings is 1. The Balaban J connectivity index is 2.72. The molecule has 1 aromatic rings. The summed E-state index contributed by atoms with van der Waals surface area (Å²) < 4.78 is 11.1. The highest BCUT2D eigenvalue weighted by Gasteiger charge is 2.20. The van der Waals surface area contributed by atoms with E-state index in [2.05, 4.69) is 31.3 Å². The van der Waals surface area contributed by atoms with Crippen molar-refractivity contribution in [1.82, 2.24) is 5.32 Å². The van der Waals surface area contributed by atoms with Gasteiger partial charge in [-0.25, -0.2) is 0 Å². The Morgan fingerprint density at radius 3 is 2.63 bits per heavy atom. The van der Waals surface area contributed by atoms with E-state index in [4.69, 9.17) is 9.47 Å². The molecule has 3 nitrogen and oxygen atoms in total. The fourth-order valence-corrected chi connectivity index (χ4v) is 2.37. The maximum Gasteiger partial charge on any atom is 0.119 e. The van der Waals surface area contributed by atoms with Crippen molar-refractivity contribution in [2.75, 3.05) is 20.8 Å². The van der Waals surface area contributed by atoms with E-state index in [-0.39, 0.29) is 6.10 Å². The summed E-state index contributed by atoms with van der Waals surface area (Å²) in [5, 5.41) is 3.39. The van der Waals surface area contributed by atoms with Crippen LogP contribution < -0.4 is 10.1 Å². The van der Waals surface area contributed by atoms with E-state index >= 15 is 0 Å². The Morgan fingerprint density at radius 2 is 2.05 bits per heavy atom. The van der Waals surface area contributed by atoms with Crippen LogP contribution in [0.3, 0.4) is 0 Å². The summed E-state index contributed by atoms with van der Waals surface area (Å²) in [5.74, 6) is 0.913. The lowest BCUT2D eigenvalue weighted by Gasteiger charge is -2.26. The molecule has 0 aromatic heterocycles. The molecule has 0 radical (unpaired) electrons. The summed E-state index contributed by atoms with van der Waals surface area (Å²) >= 11 is 0. The van der Waals surface area contributed by atoms with E-state index in [9.17, 15) is 0 Å². The minimum absolute atomic E-state index is 0.270. The lowest BCUT2D eigenvalue weighted by atomic mass is 9.98. The monoisotopic (exact) mass is 265 g/mol.